The lowest BCUT2D eigenvalue weighted by atomic mass is 10.1. The zero-order valence-electron chi connectivity index (χ0n) is 11.0. The van der Waals surface area contributed by atoms with Gasteiger partial charge in [-0.2, -0.15) is 4.98 Å². The molecular formula is C13H17N3O3. The van der Waals surface area contributed by atoms with Gasteiger partial charge in [-0.15, -0.1) is 0 Å². The second kappa shape index (κ2) is 6.19. The van der Waals surface area contributed by atoms with E-state index in [1.54, 1.807) is 19.2 Å². The number of benzene rings is 1. The van der Waals surface area contributed by atoms with Gasteiger partial charge in [-0.25, -0.2) is 0 Å². The Labute approximate surface area is 111 Å². The average molecular weight is 263 g/mol. The molecule has 19 heavy (non-hydrogen) atoms. The number of phenols is 1. The lowest BCUT2D eigenvalue weighted by Gasteiger charge is -2.16. The Morgan fingerprint density at radius 2 is 2.32 bits per heavy atom. The Hall–Kier alpha value is -2.08. The van der Waals surface area contributed by atoms with Crippen LogP contribution in [-0.4, -0.2) is 28.9 Å². The molecule has 0 saturated carbocycles. The molecule has 2 N–H and O–H groups in total. The first-order valence-electron chi connectivity index (χ1n) is 6.06. The van der Waals surface area contributed by atoms with Gasteiger partial charge in [0.2, 0.25) is 5.89 Å². The fourth-order valence-corrected chi connectivity index (χ4v) is 1.82. The molecule has 1 aromatic carbocycles. The fourth-order valence-electron chi connectivity index (χ4n) is 1.82. The van der Waals surface area contributed by atoms with Crippen molar-refractivity contribution in [3.05, 3.63) is 36.0 Å². The van der Waals surface area contributed by atoms with Crippen molar-refractivity contribution in [1.29, 1.82) is 0 Å². The lowest BCUT2D eigenvalue weighted by molar-refractivity contribution is 0.371. The van der Waals surface area contributed by atoms with Crippen molar-refractivity contribution in [2.45, 2.75) is 19.4 Å². The number of methoxy groups -OCH3 is 1. The summed E-state index contributed by atoms with van der Waals surface area (Å²) < 4.78 is 10.1. The van der Waals surface area contributed by atoms with E-state index >= 15 is 0 Å². The van der Waals surface area contributed by atoms with Crippen LogP contribution in [0.5, 0.6) is 11.5 Å². The highest BCUT2D eigenvalue weighted by atomic mass is 16.5. The summed E-state index contributed by atoms with van der Waals surface area (Å²) in [5.74, 6) is 1.56. The third-order valence-corrected chi connectivity index (χ3v) is 2.90. The van der Waals surface area contributed by atoms with E-state index in [1.807, 2.05) is 13.0 Å². The van der Waals surface area contributed by atoms with Crippen molar-refractivity contribution in [2.24, 2.45) is 0 Å². The molecule has 1 heterocycles. The highest BCUT2D eigenvalue weighted by Gasteiger charge is 2.11. The summed E-state index contributed by atoms with van der Waals surface area (Å²) in [5, 5.41) is 16.7. The van der Waals surface area contributed by atoms with E-state index in [9.17, 15) is 5.11 Å². The Kier molecular flexibility index (Phi) is 4.35. The van der Waals surface area contributed by atoms with Crippen LogP contribution in [0.1, 0.15) is 24.4 Å². The van der Waals surface area contributed by atoms with Crippen LogP contribution in [-0.2, 0) is 6.42 Å². The average Bonchev–Trinajstić information content (AvgIpc) is 2.92. The van der Waals surface area contributed by atoms with Crippen LogP contribution >= 0.6 is 0 Å². The Morgan fingerprint density at radius 1 is 1.47 bits per heavy atom. The van der Waals surface area contributed by atoms with Crippen LogP contribution < -0.4 is 10.1 Å². The van der Waals surface area contributed by atoms with Crippen molar-refractivity contribution in [2.75, 3.05) is 13.7 Å². The van der Waals surface area contributed by atoms with E-state index in [0.717, 1.165) is 11.3 Å². The number of ether oxygens (including phenoxy) is 1. The molecule has 0 saturated heterocycles. The summed E-state index contributed by atoms with van der Waals surface area (Å²) in [4.78, 5) is 3.94. The van der Waals surface area contributed by atoms with Crippen molar-refractivity contribution < 1.29 is 14.4 Å². The summed E-state index contributed by atoms with van der Waals surface area (Å²) in [6, 6.07) is 5.17. The summed E-state index contributed by atoms with van der Waals surface area (Å²) in [7, 11) is 1.60. The van der Waals surface area contributed by atoms with Gasteiger partial charge in [0.15, 0.2) is 6.33 Å². The minimum Gasteiger partial charge on any atom is -0.508 e. The molecule has 0 aliphatic rings. The predicted octanol–water partition coefficient (Wildman–Crippen LogP) is 1.68. The number of nitrogens with zero attached hydrogens (tertiary/aromatic N) is 2. The molecule has 2 aromatic rings. The molecule has 6 nitrogen and oxygen atoms in total. The number of hydrogen-bond donors (Lipinski definition) is 2. The van der Waals surface area contributed by atoms with E-state index < -0.39 is 0 Å². The second-order valence-electron chi connectivity index (χ2n) is 4.19. The summed E-state index contributed by atoms with van der Waals surface area (Å²) >= 11 is 0. The maximum atomic E-state index is 9.85. The molecule has 0 aliphatic heterocycles. The second-order valence-corrected chi connectivity index (χ2v) is 4.19. The molecule has 0 fully saturated rings. The van der Waals surface area contributed by atoms with Crippen LogP contribution in [0.25, 0.3) is 0 Å². The first-order chi connectivity index (χ1) is 9.20. The van der Waals surface area contributed by atoms with Gasteiger partial charge in [0, 0.05) is 24.6 Å². The van der Waals surface area contributed by atoms with E-state index in [2.05, 4.69) is 15.5 Å². The minimum atomic E-state index is -0.00183. The lowest BCUT2D eigenvalue weighted by Crippen LogP contribution is -2.21. The number of phenolic OH excluding ortho intramolecular Hbond substituents is 1. The maximum Gasteiger partial charge on any atom is 0.227 e. The SMILES string of the molecule is COc1ccc(O)c(C(C)NCCc2ncno2)c1. The number of rotatable bonds is 6. The largest absolute Gasteiger partial charge is 0.508 e. The van der Waals surface area contributed by atoms with Crippen LogP contribution in [0.4, 0.5) is 0 Å². The molecule has 0 bridgehead atoms. The molecule has 0 radical (unpaired) electrons. The van der Waals surface area contributed by atoms with E-state index in [0.29, 0.717) is 18.9 Å². The highest BCUT2D eigenvalue weighted by Crippen LogP contribution is 2.28. The van der Waals surface area contributed by atoms with Gasteiger partial charge >= 0.3 is 0 Å². The monoisotopic (exact) mass is 263 g/mol. The Morgan fingerprint density at radius 3 is 3.00 bits per heavy atom. The van der Waals surface area contributed by atoms with E-state index in [4.69, 9.17) is 9.26 Å². The van der Waals surface area contributed by atoms with Gasteiger partial charge in [-0.05, 0) is 25.1 Å². The third kappa shape index (κ3) is 3.45. The highest BCUT2D eigenvalue weighted by molar-refractivity contribution is 5.41. The van der Waals surface area contributed by atoms with Crippen LogP contribution in [0.2, 0.25) is 0 Å². The topological polar surface area (TPSA) is 80.4 Å². The first-order valence-corrected chi connectivity index (χ1v) is 6.06. The quantitative estimate of drug-likeness (QED) is 0.825. The zero-order chi connectivity index (χ0) is 13.7. The molecule has 102 valence electrons. The molecule has 0 amide bonds. The van der Waals surface area contributed by atoms with Crippen molar-refractivity contribution in [1.82, 2.24) is 15.5 Å². The molecule has 2 rings (SSSR count). The van der Waals surface area contributed by atoms with Crippen LogP contribution in [0, 0.1) is 0 Å². The molecular weight excluding hydrogens is 246 g/mol. The molecule has 0 aliphatic carbocycles. The van der Waals surface area contributed by atoms with Gasteiger partial charge in [0.25, 0.3) is 0 Å². The van der Waals surface area contributed by atoms with E-state index in [1.165, 1.54) is 6.33 Å². The van der Waals surface area contributed by atoms with Gasteiger partial charge in [-0.3, -0.25) is 0 Å². The number of nitrogens with one attached hydrogen (secondary N) is 1. The molecule has 6 heteroatoms. The van der Waals surface area contributed by atoms with Gasteiger partial charge in [0.05, 0.1) is 7.11 Å². The predicted molar refractivity (Wildman–Crippen MR) is 69.1 cm³/mol. The molecule has 1 atom stereocenters. The third-order valence-electron chi connectivity index (χ3n) is 2.90. The minimum absolute atomic E-state index is 0.00183. The smallest absolute Gasteiger partial charge is 0.227 e. The van der Waals surface area contributed by atoms with Gasteiger partial charge in [0.1, 0.15) is 11.5 Å². The first kappa shape index (κ1) is 13.4. The normalized spacial score (nSPS) is 12.3. The fraction of sp³-hybridized carbons (Fsp3) is 0.385. The van der Waals surface area contributed by atoms with Crippen molar-refractivity contribution >= 4 is 0 Å². The molecule has 0 spiro atoms. The Balaban J connectivity index is 1.93. The van der Waals surface area contributed by atoms with Gasteiger partial charge < -0.3 is 19.7 Å². The molecule has 1 unspecified atom stereocenters. The summed E-state index contributed by atoms with van der Waals surface area (Å²) in [6.07, 6.45) is 2.03. The zero-order valence-corrected chi connectivity index (χ0v) is 11.0. The van der Waals surface area contributed by atoms with Crippen LogP contribution in [0.3, 0.4) is 0 Å². The van der Waals surface area contributed by atoms with Crippen LogP contribution in [0.15, 0.2) is 29.0 Å². The van der Waals surface area contributed by atoms with Gasteiger partial charge in [-0.1, -0.05) is 5.16 Å². The Bertz CT molecular complexity index is 514. The maximum absolute atomic E-state index is 9.85. The number of aromatic nitrogens is 2. The standard InChI is InChI=1S/C13H17N3O3/c1-9(14-6-5-13-15-8-16-19-13)11-7-10(18-2)3-4-12(11)17/h3-4,7-9,14,17H,5-6H2,1-2H3. The molecule has 1 aromatic heterocycles. The summed E-state index contributed by atoms with van der Waals surface area (Å²) in [5.41, 5.74) is 0.796. The van der Waals surface area contributed by atoms with Crippen molar-refractivity contribution in [3.63, 3.8) is 0 Å². The number of hydrogen-bond acceptors (Lipinski definition) is 6. The number of aromatic hydroxyl groups is 1. The summed E-state index contributed by atoms with van der Waals surface area (Å²) in [6.45, 7) is 2.66. The van der Waals surface area contributed by atoms with E-state index in [-0.39, 0.29) is 11.8 Å². The van der Waals surface area contributed by atoms with Crippen molar-refractivity contribution in [3.8, 4) is 11.5 Å².